The number of esters is 1. The van der Waals surface area contributed by atoms with Gasteiger partial charge in [0.25, 0.3) is 0 Å². The van der Waals surface area contributed by atoms with E-state index in [1.165, 1.54) is 5.56 Å². The number of anilines is 1. The van der Waals surface area contributed by atoms with E-state index in [0.717, 1.165) is 49.7 Å². The predicted molar refractivity (Wildman–Crippen MR) is 225 cm³/mol. The number of hydrogen-bond acceptors (Lipinski definition) is 8. The number of nitrogens with zero attached hydrogens (tertiary/aromatic N) is 1. The standard InChI is InChI=1S/C23H30N4O3.C20H25N5O3/c1-2-30-21(28)16-20(18-9-4-3-5-10-18)27-23(29)26-15-7-6-8-17-11-13-19(14-12-17)22(24)25;21-18(22)15-8-6-14(7-9-15)4-1-2-12-24-20(28)25-19-16(5-3-13-23-19)10-11-17(26)27/h3-5,9-14,20H,2,6-8,15-16H2,1H3,(H3,24,25)(H2,26,27,29);3,5-9,13H,1-2,4,10-12H2,(H3,21,22)(H,26,27)(H2,23,24,25,28). The lowest BCUT2D eigenvalue weighted by Crippen LogP contribution is -2.39. The van der Waals surface area contributed by atoms with E-state index < -0.39 is 12.0 Å². The maximum Gasteiger partial charge on any atom is 0.320 e. The lowest BCUT2D eigenvalue weighted by molar-refractivity contribution is -0.143. The number of ether oxygens (including phenoxy) is 1. The van der Waals surface area contributed by atoms with E-state index in [4.69, 9.17) is 32.1 Å². The summed E-state index contributed by atoms with van der Waals surface area (Å²) in [4.78, 5) is 51.0. The Kier molecular flexibility index (Phi) is 20.0. The average molecular weight is 794 g/mol. The zero-order valence-corrected chi connectivity index (χ0v) is 32.9. The van der Waals surface area contributed by atoms with Crippen molar-refractivity contribution < 1.29 is 29.0 Å². The Labute approximate surface area is 339 Å². The number of carboxylic acids is 1. The molecule has 1 heterocycles. The maximum atomic E-state index is 12.3. The van der Waals surface area contributed by atoms with Crippen molar-refractivity contribution in [1.29, 1.82) is 10.8 Å². The molecule has 4 rings (SSSR count). The zero-order chi connectivity index (χ0) is 42.1. The predicted octanol–water partition coefficient (Wildman–Crippen LogP) is 5.81. The molecule has 0 aliphatic carbocycles. The summed E-state index contributed by atoms with van der Waals surface area (Å²) in [6.07, 6.45) is 7.16. The number of hydrogen-bond donors (Lipinski definition) is 9. The first-order valence-electron chi connectivity index (χ1n) is 19.3. The number of benzene rings is 3. The molecule has 308 valence electrons. The van der Waals surface area contributed by atoms with Crippen LogP contribution >= 0.6 is 0 Å². The van der Waals surface area contributed by atoms with Gasteiger partial charge in [0.15, 0.2) is 0 Å². The minimum absolute atomic E-state index is 0.0185. The third-order valence-electron chi connectivity index (χ3n) is 8.80. The van der Waals surface area contributed by atoms with Gasteiger partial charge in [-0.2, -0.15) is 0 Å². The number of unbranched alkanes of at least 4 members (excludes halogenated alkanes) is 2. The van der Waals surface area contributed by atoms with Crippen LogP contribution in [-0.2, 0) is 33.6 Å². The molecule has 1 unspecified atom stereocenters. The number of rotatable bonds is 21. The molecule has 3 aromatic carbocycles. The number of nitrogens with one attached hydrogen (secondary N) is 6. The number of amidine groups is 2. The summed E-state index contributed by atoms with van der Waals surface area (Å²) in [6, 6.07) is 26.9. The molecule has 11 N–H and O–H groups in total. The highest BCUT2D eigenvalue weighted by Crippen LogP contribution is 2.18. The van der Waals surface area contributed by atoms with Crippen LogP contribution in [-0.4, -0.2) is 65.5 Å². The number of carbonyl (C=O) groups excluding carboxylic acids is 3. The van der Waals surface area contributed by atoms with E-state index >= 15 is 0 Å². The highest BCUT2D eigenvalue weighted by atomic mass is 16.5. The van der Waals surface area contributed by atoms with Crippen molar-refractivity contribution in [1.82, 2.24) is 20.9 Å². The SMILES string of the molecule is CCOC(=O)CC(NC(=O)NCCCCc1ccc(C(=N)N)cc1)c1ccccc1.N=C(N)c1ccc(CCCCNC(=O)Nc2ncccc2CCC(=O)O)cc1. The number of carbonyl (C=O) groups is 4. The number of urea groups is 2. The van der Waals surface area contributed by atoms with Crippen LogP contribution in [0.3, 0.4) is 0 Å². The fourth-order valence-electron chi connectivity index (χ4n) is 5.69. The maximum absolute atomic E-state index is 12.3. The van der Waals surface area contributed by atoms with Crippen LogP contribution in [0.1, 0.15) is 84.9 Å². The highest BCUT2D eigenvalue weighted by molar-refractivity contribution is 5.95. The van der Waals surface area contributed by atoms with E-state index in [-0.39, 0.29) is 42.5 Å². The second-order valence-corrected chi connectivity index (χ2v) is 13.3. The summed E-state index contributed by atoms with van der Waals surface area (Å²) in [5, 5.41) is 34.8. The van der Waals surface area contributed by atoms with Gasteiger partial charge in [0.2, 0.25) is 0 Å². The summed E-state index contributed by atoms with van der Waals surface area (Å²) < 4.78 is 5.02. The number of nitrogens with two attached hydrogens (primary N) is 2. The first-order chi connectivity index (χ1) is 27.9. The molecule has 1 atom stereocenters. The van der Waals surface area contributed by atoms with Crippen molar-refractivity contribution in [3.63, 3.8) is 0 Å². The van der Waals surface area contributed by atoms with E-state index in [9.17, 15) is 19.2 Å². The molecule has 1 aromatic heterocycles. The quantitative estimate of drug-likeness (QED) is 0.0213. The first-order valence-corrected chi connectivity index (χ1v) is 19.3. The Morgan fingerprint density at radius 1 is 0.724 bits per heavy atom. The summed E-state index contributed by atoms with van der Waals surface area (Å²) in [7, 11) is 0. The van der Waals surface area contributed by atoms with Crippen molar-refractivity contribution in [2.24, 2.45) is 11.5 Å². The number of carboxylic acid groups (broad SMARTS) is 1. The summed E-state index contributed by atoms with van der Waals surface area (Å²) >= 11 is 0. The third-order valence-corrected chi connectivity index (χ3v) is 8.80. The van der Waals surface area contributed by atoms with Crippen LogP contribution < -0.4 is 32.7 Å². The number of aryl methyl sites for hydroxylation is 3. The van der Waals surface area contributed by atoms with E-state index in [0.29, 0.717) is 48.6 Å². The molecule has 0 saturated heterocycles. The van der Waals surface area contributed by atoms with E-state index in [2.05, 4.69) is 26.3 Å². The third kappa shape index (κ3) is 17.8. The van der Waals surface area contributed by atoms with Crippen molar-refractivity contribution in [3.05, 3.63) is 131 Å². The van der Waals surface area contributed by atoms with Gasteiger partial charge in [0, 0.05) is 36.8 Å². The van der Waals surface area contributed by atoms with Gasteiger partial charge in [-0.15, -0.1) is 0 Å². The van der Waals surface area contributed by atoms with Gasteiger partial charge in [0.1, 0.15) is 17.5 Å². The van der Waals surface area contributed by atoms with E-state index in [1.54, 1.807) is 25.3 Å². The molecule has 58 heavy (non-hydrogen) atoms. The Morgan fingerprint density at radius 3 is 1.79 bits per heavy atom. The van der Waals surface area contributed by atoms with Crippen LogP contribution in [0.15, 0.2) is 97.2 Å². The number of aliphatic carboxylic acids is 1. The van der Waals surface area contributed by atoms with Gasteiger partial charge < -0.3 is 37.3 Å². The monoisotopic (exact) mass is 793 g/mol. The van der Waals surface area contributed by atoms with Crippen molar-refractivity contribution in [2.45, 2.75) is 70.8 Å². The van der Waals surface area contributed by atoms with Gasteiger partial charge in [-0.25, -0.2) is 14.6 Å². The second-order valence-electron chi connectivity index (χ2n) is 13.3. The van der Waals surface area contributed by atoms with Crippen LogP contribution in [0.25, 0.3) is 0 Å². The minimum Gasteiger partial charge on any atom is -0.481 e. The molecule has 0 saturated carbocycles. The number of aromatic nitrogens is 1. The normalized spacial score (nSPS) is 10.8. The molecule has 4 aromatic rings. The molecule has 15 nitrogen and oxygen atoms in total. The second kappa shape index (κ2) is 25.4. The first kappa shape index (κ1) is 45.6. The Morgan fingerprint density at radius 2 is 1.28 bits per heavy atom. The smallest absolute Gasteiger partial charge is 0.320 e. The number of nitrogen functional groups attached to an aromatic ring is 2. The lowest BCUT2D eigenvalue weighted by Gasteiger charge is -2.19. The molecule has 0 radical (unpaired) electrons. The Bertz CT molecular complexity index is 1920. The van der Waals surface area contributed by atoms with Gasteiger partial charge >= 0.3 is 24.0 Å². The topological polar surface area (TPSA) is 258 Å². The minimum atomic E-state index is -0.893. The van der Waals surface area contributed by atoms with Crippen LogP contribution in [0, 0.1) is 10.8 Å². The summed E-state index contributed by atoms with van der Waals surface area (Å²) in [5.74, 6) is -0.737. The number of pyridine rings is 1. The highest BCUT2D eigenvalue weighted by Gasteiger charge is 2.19. The summed E-state index contributed by atoms with van der Waals surface area (Å²) in [5.41, 5.74) is 16.2. The van der Waals surface area contributed by atoms with E-state index in [1.807, 2.05) is 78.9 Å². The molecular formula is C43H55N9O6. The molecule has 0 spiro atoms. The average Bonchev–Trinajstić information content (AvgIpc) is 3.21. The van der Waals surface area contributed by atoms with Crippen LogP contribution in [0.5, 0.6) is 0 Å². The fourth-order valence-corrected chi connectivity index (χ4v) is 5.69. The van der Waals surface area contributed by atoms with Gasteiger partial charge in [-0.05, 0) is 80.2 Å². The Hall–Kier alpha value is -6.77. The molecule has 0 aliphatic rings. The largest absolute Gasteiger partial charge is 0.481 e. The molecule has 0 bridgehead atoms. The van der Waals surface area contributed by atoms with Crippen LogP contribution in [0.2, 0.25) is 0 Å². The van der Waals surface area contributed by atoms with Crippen molar-refractivity contribution in [3.8, 4) is 0 Å². The molecule has 0 aliphatic heterocycles. The van der Waals surface area contributed by atoms with Gasteiger partial charge in [-0.3, -0.25) is 25.7 Å². The van der Waals surface area contributed by atoms with Crippen molar-refractivity contribution in [2.75, 3.05) is 25.0 Å². The molecular weight excluding hydrogens is 739 g/mol. The fraction of sp³-hybridized carbons (Fsp3) is 0.326. The Balaban J connectivity index is 0.000000311. The lowest BCUT2D eigenvalue weighted by atomic mass is 10.0. The molecule has 15 heteroatoms. The summed E-state index contributed by atoms with van der Waals surface area (Å²) in [6.45, 7) is 3.13. The van der Waals surface area contributed by atoms with Gasteiger partial charge in [-0.1, -0.05) is 84.9 Å². The molecule has 4 amide bonds. The molecule has 0 fully saturated rings. The van der Waals surface area contributed by atoms with Gasteiger partial charge in [0.05, 0.1) is 19.1 Å². The zero-order valence-electron chi connectivity index (χ0n) is 32.9. The van der Waals surface area contributed by atoms with Crippen molar-refractivity contribution >= 4 is 41.5 Å². The number of amides is 4. The van der Waals surface area contributed by atoms with Crippen LogP contribution in [0.4, 0.5) is 15.4 Å².